The molecule has 1 aliphatic heterocycles. The molecular formula is C26H23ClN4O4S. The van der Waals surface area contributed by atoms with Gasteiger partial charge in [-0.25, -0.2) is 0 Å². The van der Waals surface area contributed by atoms with Gasteiger partial charge < -0.3 is 19.5 Å². The van der Waals surface area contributed by atoms with E-state index in [1.165, 1.54) is 11.8 Å². The number of fused-ring (bicyclic) bond motifs is 1. The highest BCUT2D eigenvalue weighted by atomic mass is 35.5. The summed E-state index contributed by atoms with van der Waals surface area (Å²) in [4.78, 5) is 12.7. The molecule has 0 fully saturated rings. The van der Waals surface area contributed by atoms with Crippen molar-refractivity contribution in [1.29, 1.82) is 0 Å². The fourth-order valence-corrected chi connectivity index (χ4v) is 4.46. The quantitative estimate of drug-likeness (QED) is 0.314. The predicted molar refractivity (Wildman–Crippen MR) is 139 cm³/mol. The van der Waals surface area contributed by atoms with Crippen LogP contribution in [0.2, 0.25) is 5.02 Å². The molecule has 36 heavy (non-hydrogen) atoms. The van der Waals surface area contributed by atoms with Crippen molar-refractivity contribution in [2.24, 2.45) is 0 Å². The molecule has 10 heteroatoms. The van der Waals surface area contributed by atoms with E-state index in [1.807, 2.05) is 47.9 Å². The van der Waals surface area contributed by atoms with E-state index >= 15 is 0 Å². The molecule has 1 aromatic heterocycles. The Labute approximate surface area is 217 Å². The zero-order valence-corrected chi connectivity index (χ0v) is 21.0. The second-order valence-electron chi connectivity index (χ2n) is 8.01. The number of benzene rings is 3. The van der Waals surface area contributed by atoms with Crippen LogP contribution in [0.25, 0.3) is 5.69 Å². The number of aromatic nitrogens is 3. The molecule has 1 amide bonds. The minimum absolute atomic E-state index is 0.138. The monoisotopic (exact) mass is 522 g/mol. The molecule has 8 nitrogen and oxygen atoms in total. The lowest BCUT2D eigenvalue weighted by atomic mass is 10.2. The van der Waals surface area contributed by atoms with Gasteiger partial charge in [0.2, 0.25) is 5.91 Å². The van der Waals surface area contributed by atoms with Gasteiger partial charge in [-0.15, -0.1) is 10.2 Å². The first kappa shape index (κ1) is 24.0. The largest absolute Gasteiger partial charge is 0.486 e. The highest BCUT2D eigenvalue weighted by Crippen LogP contribution is 2.33. The van der Waals surface area contributed by atoms with Crippen molar-refractivity contribution in [2.75, 3.05) is 24.3 Å². The van der Waals surface area contributed by atoms with Crippen molar-refractivity contribution in [3.8, 4) is 22.9 Å². The summed E-state index contributed by atoms with van der Waals surface area (Å²) in [5.41, 5.74) is 2.61. The number of anilines is 1. The Morgan fingerprint density at radius 1 is 1.03 bits per heavy atom. The molecule has 0 atom stereocenters. The van der Waals surface area contributed by atoms with Gasteiger partial charge in [0, 0.05) is 22.5 Å². The van der Waals surface area contributed by atoms with E-state index in [0.717, 1.165) is 17.0 Å². The lowest BCUT2D eigenvalue weighted by Gasteiger charge is -2.19. The lowest BCUT2D eigenvalue weighted by Crippen LogP contribution is -2.17. The van der Waals surface area contributed by atoms with E-state index in [4.69, 9.17) is 25.8 Å². The van der Waals surface area contributed by atoms with E-state index in [9.17, 15) is 4.79 Å². The van der Waals surface area contributed by atoms with Crippen LogP contribution in [0, 0.1) is 6.92 Å². The van der Waals surface area contributed by atoms with Gasteiger partial charge >= 0.3 is 0 Å². The molecule has 4 aromatic rings. The fourth-order valence-electron chi connectivity index (χ4n) is 3.57. The number of thioether (sulfide) groups is 1. The van der Waals surface area contributed by atoms with E-state index < -0.39 is 0 Å². The SMILES string of the molecule is Cc1ccc(OCc2nnc(SCC(=O)Nc3ccc4c(c3)OCCO4)n2-c2ccc(Cl)cc2)cc1. The van der Waals surface area contributed by atoms with Crippen LogP contribution in [-0.4, -0.2) is 39.6 Å². The van der Waals surface area contributed by atoms with Crippen LogP contribution in [0.3, 0.4) is 0 Å². The molecule has 1 aliphatic rings. The Bertz CT molecular complexity index is 1360. The van der Waals surface area contributed by atoms with Crippen molar-refractivity contribution < 1.29 is 19.0 Å². The van der Waals surface area contributed by atoms with E-state index in [1.54, 1.807) is 30.3 Å². The van der Waals surface area contributed by atoms with Gasteiger partial charge in [-0.1, -0.05) is 41.1 Å². The van der Waals surface area contributed by atoms with E-state index in [-0.39, 0.29) is 18.3 Å². The maximum absolute atomic E-state index is 12.7. The minimum atomic E-state index is -0.181. The molecule has 0 aliphatic carbocycles. The summed E-state index contributed by atoms with van der Waals surface area (Å²) in [5, 5.41) is 12.7. The first-order chi connectivity index (χ1) is 17.5. The number of nitrogens with one attached hydrogen (secondary N) is 1. The Kier molecular flexibility index (Phi) is 7.29. The summed E-state index contributed by atoms with van der Waals surface area (Å²) >= 11 is 7.37. The van der Waals surface area contributed by atoms with Gasteiger partial charge in [-0.3, -0.25) is 9.36 Å². The lowest BCUT2D eigenvalue weighted by molar-refractivity contribution is -0.113. The van der Waals surface area contributed by atoms with Crippen molar-refractivity contribution in [3.63, 3.8) is 0 Å². The first-order valence-corrected chi connectivity index (χ1v) is 12.6. The number of hydrogen-bond donors (Lipinski definition) is 1. The van der Waals surface area contributed by atoms with Crippen LogP contribution < -0.4 is 19.5 Å². The molecule has 0 spiro atoms. The summed E-state index contributed by atoms with van der Waals surface area (Å²) in [6.07, 6.45) is 0. The van der Waals surface area contributed by atoms with Crippen LogP contribution in [-0.2, 0) is 11.4 Å². The third-order valence-electron chi connectivity index (χ3n) is 5.33. The van der Waals surface area contributed by atoms with Crippen LogP contribution in [0.15, 0.2) is 71.9 Å². The van der Waals surface area contributed by atoms with Crippen molar-refractivity contribution >= 4 is 35.0 Å². The molecule has 2 heterocycles. The standard InChI is InChI=1S/C26H23ClN4O4S/c1-17-2-9-21(10-3-17)35-15-24-29-30-26(31(24)20-7-4-18(27)5-8-20)36-16-25(32)28-19-6-11-22-23(14-19)34-13-12-33-22/h2-11,14H,12-13,15-16H2,1H3,(H,28,32). The molecular weight excluding hydrogens is 500 g/mol. The summed E-state index contributed by atoms with van der Waals surface area (Å²) in [7, 11) is 0. The Hall–Kier alpha value is -3.69. The van der Waals surface area contributed by atoms with Gasteiger partial charge in [0.1, 0.15) is 25.6 Å². The van der Waals surface area contributed by atoms with Crippen LogP contribution in [0.5, 0.6) is 17.2 Å². The summed E-state index contributed by atoms with van der Waals surface area (Å²) in [5.74, 6) is 2.59. The normalized spacial score (nSPS) is 12.3. The highest BCUT2D eigenvalue weighted by molar-refractivity contribution is 7.99. The molecule has 5 rings (SSSR count). The molecule has 0 saturated heterocycles. The number of nitrogens with zero attached hydrogens (tertiary/aromatic N) is 3. The molecule has 1 N–H and O–H groups in total. The second-order valence-corrected chi connectivity index (χ2v) is 9.39. The maximum Gasteiger partial charge on any atom is 0.234 e. The number of amides is 1. The van der Waals surface area contributed by atoms with Crippen molar-refractivity contribution in [3.05, 3.63) is 83.1 Å². The fraction of sp³-hybridized carbons (Fsp3) is 0.192. The maximum atomic E-state index is 12.7. The molecule has 0 saturated carbocycles. The van der Waals surface area contributed by atoms with Crippen molar-refractivity contribution in [1.82, 2.24) is 14.8 Å². The number of carbonyl (C=O) groups is 1. The molecule has 0 radical (unpaired) electrons. The number of aryl methyl sites for hydroxylation is 1. The molecule has 3 aromatic carbocycles. The highest BCUT2D eigenvalue weighted by Gasteiger charge is 2.18. The summed E-state index contributed by atoms with van der Waals surface area (Å²) in [6.45, 7) is 3.23. The van der Waals surface area contributed by atoms with Gasteiger partial charge in [-0.05, 0) is 55.5 Å². The summed E-state index contributed by atoms with van der Waals surface area (Å²) < 4.78 is 18.9. The number of halogens is 1. The number of hydrogen-bond acceptors (Lipinski definition) is 7. The van der Waals surface area contributed by atoms with Gasteiger partial charge in [0.25, 0.3) is 0 Å². The third kappa shape index (κ3) is 5.75. The predicted octanol–water partition coefficient (Wildman–Crippen LogP) is 5.31. The Morgan fingerprint density at radius 2 is 1.78 bits per heavy atom. The van der Waals surface area contributed by atoms with Crippen LogP contribution in [0.1, 0.15) is 11.4 Å². The number of ether oxygens (including phenoxy) is 3. The van der Waals surface area contributed by atoms with Crippen LogP contribution in [0.4, 0.5) is 5.69 Å². The average Bonchev–Trinajstić information content (AvgIpc) is 3.30. The minimum Gasteiger partial charge on any atom is -0.486 e. The average molecular weight is 523 g/mol. The molecule has 0 unspecified atom stereocenters. The first-order valence-electron chi connectivity index (χ1n) is 11.3. The van der Waals surface area contributed by atoms with Crippen molar-refractivity contribution in [2.45, 2.75) is 18.7 Å². The molecule has 184 valence electrons. The van der Waals surface area contributed by atoms with Gasteiger partial charge in [0.05, 0.1) is 5.75 Å². The van der Waals surface area contributed by atoms with Crippen LogP contribution >= 0.6 is 23.4 Å². The summed E-state index contributed by atoms with van der Waals surface area (Å²) in [6, 6.07) is 20.5. The second kappa shape index (κ2) is 10.9. The zero-order valence-electron chi connectivity index (χ0n) is 19.4. The smallest absolute Gasteiger partial charge is 0.234 e. The van der Waals surface area contributed by atoms with E-state index in [2.05, 4.69) is 15.5 Å². The zero-order chi connectivity index (χ0) is 24.9. The Balaban J connectivity index is 1.29. The number of rotatable bonds is 8. The Morgan fingerprint density at radius 3 is 2.56 bits per heavy atom. The van der Waals surface area contributed by atoms with Gasteiger partial charge in [0.15, 0.2) is 22.5 Å². The molecule has 0 bridgehead atoms. The number of carbonyl (C=O) groups excluding carboxylic acids is 1. The van der Waals surface area contributed by atoms with E-state index in [0.29, 0.717) is 46.4 Å². The topological polar surface area (TPSA) is 87.5 Å². The third-order valence-corrected chi connectivity index (χ3v) is 6.51. The van der Waals surface area contributed by atoms with Gasteiger partial charge in [-0.2, -0.15) is 0 Å².